The molecule has 88 valence electrons. The zero-order valence-corrected chi connectivity index (χ0v) is 9.73. The van der Waals surface area contributed by atoms with Gasteiger partial charge in [-0.25, -0.2) is 0 Å². The maximum atomic E-state index is 11.2. The van der Waals surface area contributed by atoms with E-state index < -0.39 is 0 Å². The van der Waals surface area contributed by atoms with Gasteiger partial charge in [0.1, 0.15) is 0 Å². The Morgan fingerprint density at radius 2 is 2.25 bits per heavy atom. The molecule has 1 heterocycles. The van der Waals surface area contributed by atoms with E-state index in [9.17, 15) is 4.79 Å². The first-order chi connectivity index (χ1) is 7.56. The number of nitrogens with zero attached hydrogens (tertiary/aromatic N) is 1. The molecule has 0 saturated heterocycles. The molecular formula is C12H18N2O2. The molecule has 0 aliphatic carbocycles. The predicted molar refractivity (Wildman–Crippen MR) is 62.0 cm³/mol. The second-order valence-corrected chi connectivity index (χ2v) is 4.35. The summed E-state index contributed by atoms with van der Waals surface area (Å²) in [4.78, 5) is 15.5. The topological polar surface area (TPSA) is 62.2 Å². The fourth-order valence-electron chi connectivity index (χ4n) is 1.36. The van der Waals surface area contributed by atoms with E-state index in [1.54, 1.807) is 6.20 Å². The number of rotatable bonds is 5. The molecule has 0 fully saturated rings. The zero-order valence-electron chi connectivity index (χ0n) is 9.73. The van der Waals surface area contributed by atoms with E-state index >= 15 is 0 Å². The van der Waals surface area contributed by atoms with Crippen LogP contribution >= 0.6 is 0 Å². The highest BCUT2D eigenvalue weighted by atomic mass is 16.3. The predicted octanol–water partition coefficient (Wildman–Crippen LogP) is 0.858. The molecule has 1 amide bonds. The van der Waals surface area contributed by atoms with Gasteiger partial charge in [-0.1, -0.05) is 19.9 Å². The number of nitrogens with one attached hydrogen (secondary N) is 1. The van der Waals surface area contributed by atoms with E-state index in [1.165, 1.54) is 0 Å². The highest BCUT2D eigenvalue weighted by molar-refractivity contribution is 5.76. The Labute approximate surface area is 95.7 Å². The van der Waals surface area contributed by atoms with Crippen molar-refractivity contribution in [3.8, 4) is 0 Å². The largest absolute Gasteiger partial charge is 0.396 e. The van der Waals surface area contributed by atoms with Crippen LogP contribution in [0.25, 0.3) is 0 Å². The molecule has 1 aromatic heterocycles. The van der Waals surface area contributed by atoms with Gasteiger partial charge in [0.15, 0.2) is 0 Å². The summed E-state index contributed by atoms with van der Waals surface area (Å²) in [6.45, 7) is 4.45. The molecule has 0 radical (unpaired) electrons. The van der Waals surface area contributed by atoms with Crippen LogP contribution in [0.5, 0.6) is 0 Å². The first kappa shape index (κ1) is 12.6. The minimum atomic E-state index is -0.202. The van der Waals surface area contributed by atoms with Crippen molar-refractivity contribution in [1.29, 1.82) is 0 Å². The van der Waals surface area contributed by atoms with Gasteiger partial charge in [0.25, 0.3) is 0 Å². The molecule has 0 bridgehead atoms. The maximum absolute atomic E-state index is 11.2. The first-order valence-electron chi connectivity index (χ1n) is 5.35. The minimum absolute atomic E-state index is 0.115. The van der Waals surface area contributed by atoms with Crippen molar-refractivity contribution in [3.63, 3.8) is 0 Å². The Hall–Kier alpha value is -1.42. The van der Waals surface area contributed by atoms with Crippen LogP contribution in [0.4, 0.5) is 0 Å². The van der Waals surface area contributed by atoms with Crippen molar-refractivity contribution in [2.24, 2.45) is 0 Å². The van der Waals surface area contributed by atoms with E-state index in [0.717, 1.165) is 5.69 Å². The van der Waals surface area contributed by atoms with Crippen LogP contribution in [0.1, 0.15) is 26.0 Å². The lowest BCUT2D eigenvalue weighted by molar-refractivity contribution is -0.121. The van der Waals surface area contributed by atoms with Gasteiger partial charge in [-0.3, -0.25) is 9.78 Å². The number of hydrogen-bond acceptors (Lipinski definition) is 3. The summed E-state index contributed by atoms with van der Waals surface area (Å²) in [6, 6.07) is 5.74. The van der Waals surface area contributed by atoms with E-state index in [-0.39, 0.29) is 24.3 Å². The first-order valence-corrected chi connectivity index (χ1v) is 5.35. The highest BCUT2D eigenvalue weighted by Crippen LogP contribution is 2.19. The molecular weight excluding hydrogens is 204 g/mol. The summed E-state index contributed by atoms with van der Waals surface area (Å²) in [5.41, 5.74) is 0.742. The van der Waals surface area contributed by atoms with E-state index in [1.807, 2.05) is 32.0 Å². The number of hydrogen-bond donors (Lipinski definition) is 2. The van der Waals surface area contributed by atoms with Gasteiger partial charge in [-0.05, 0) is 12.1 Å². The third-order valence-electron chi connectivity index (χ3n) is 2.42. The summed E-state index contributed by atoms with van der Waals surface area (Å²) in [6.07, 6.45) is 1.89. The van der Waals surface area contributed by atoms with E-state index in [0.29, 0.717) is 6.54 Å². The molecule has 16 heavy (non-hydrogen) atoms. The number of carbonyl (C=O) groups excluding carboxylic acids is 1. The molecule has 1 aromatic rings. The summed E-state index contributed by atoms with van der Waals surface area (Å²) in [7, 11) is 0. The van der Waals surface area contributed by atoms with Gasteiger partial charge >= 0.3 is 0 Å². The monoisotopic (exact) mass is 222 g/mol. The van der Waals surface area contributed by atoms with Crippen LogP contribution in [-0.4, -0.2) is 29.1 Å². The number of pyridine rings is 1. The van der Waals surface area contributed by atoms with Crippen LogP contribution in [0.15, 0.2) is 24.4 Å². The Morgan fingerprint density at radius 1 is 1.50 bits per heavy atom. The van der Waals surface area contributed by atoms with Crippen molar-refractivity contribution < 1.29 is 9.90 Å². The van der Waals surface area contributed by atoms with Gasteiger partial charge in [0.2, 0.25) is 5.91 Å². The quantitative estimate of drug-likeness (QED) is 0.776. The average Bonchev–Trinajstić information content (AvgIpc) is 2.28. The molecule has 0 aliphatic rings. The van der Waals surface area contributed by atoms with Crippen molar-refractivity contribution in [2.45, 2.75) is 25.7 Å². The Morgan fingerprint density at radius 3 is 2.81 bits per heavy atom. The van der Waals surface area contributed by atoms with Crippen LogP contribution in [-0.2, 0) is 10.2 Å². The van der Waals surface area contributed by atoms with E-state index in [4.69, 9.17) is 5.11 Å². The lowest BCUT2D eigenvalue weighted by atomic mass is 9.88. The van der Waals surface area contributed by atoms with Crippen molar-refractivity contribution in [1.82, 2.24) is 10.3 Å². The molecule has 1 rings (SSSR count). The smallest absolute Gasteiger partial charge is 0.222 e. The number of aromatic nitrogens is 1. The van der Waals surface area contributed by atoms with Gasteiger partial charge < -0.3 is 10.4 Å². The molecule has 2 N–H and O–H groups in total. The molecule has 0 unspecified atom stereocenters. The maximum Gasteiger partial charge on any atom is 0.222 e. The second-order valence-electron chi connectivity index (χ2n) is 4.35. The number of aliphatic hydroxyl groups is 1. The summed E-state index contributed by atoms with van der Waals surface area (Å²) in [5.74, 6) is -0.133. The lowest BCUT2D eigenvalue weighted by Crippen LogP contribution is -2.37. The van der Waals surface area contributed by atoms with Crippen LogP contribution in [0.2, 0.25) is 0 Å². The van der Waals surface area contributed by atoms with Crippen molar-refractivity contribution in [2.75, 3.05) is 13.2 Å². The molecule has 0 spiro atoms. The molecule has 0 atom stereocenters. The van der Waals surface area contributed by atoms with Gasteiger partial charge in [0, 0.05) is 30.3 Å². The standard InChI is InChI=1S/C12H18N2O2/c1-12(2,9-14-11(16)6-8-15)10-5-3-4-7-13-10/h3-5,7,15H,6,8-9H2,1-2H3,(H,14,16). The van der Waals surface area contributed by atoms with Crippen molar-refractivity contribution >= 4 is 5.91 Å². The summed E-state index contributed by atoms with van der Waals surface area (Å²) < 4.78 is 0. The third kappa shape index (κ3) is 3.62. The van der Waals surface area contributed by atoms with Crippen LogP contribution in [0, 0.1) is 0 Å². The Balaban J connectivity index is 2.55. The number of amides is 1. The van der Waals surface area contributed by atoms with Crippen LogP contribution < -0.4 is 5.32 Å². The minimum Gasteiger partial charge on any atom is -0.396 e. The fraction of sp³-hybridized carbons (Fsp3) is 0.500. The van der Waals surface area contributed by atoms with E-state index in [2.05, 4.69) is 10.3 Å². The third-order valence-corrected chi connectivity index (χ3v) is 2.42. The van der Waals surface area contributed by atoms with Gasteiger partial charge in [0.05, 0.1) is 6.61 Å². The summed E-state index contributed by atoms with van der Waals surface area (Å²) in [5, 5.41) is 11.4. The normalized spacial score (nSPS) is 11.2. The molecule has 4 heteroatoms. The zero-order chi connectivity index (χ0) is 12.0. The highest BCUT2D eigenvalue weighted by Gasteiger charge is 2.22. The lowest BCUT2D eigenvalue weighted by Gasteiger charge is -2.24. The Bertz CT molecular complexity index is 336. The molecule has 0 saturated carbocycles. The molecule has 0 aliphatic heterocycles. The van der Waals surface area contributed by atoms with Gasteiger partial charge in [-0.15, -0.1) is 0 Å². The SMILES string of the molecule is CC(C)(CNC(=O)CCO)c1ccccn1. The average molecular weight is 222 g/mol. The van der Waals surface area contributed by atoms with Crippen molar-refractivity contribution in [3.05, 3.63) is 30.1 Å². The molecule has 4 nitrogen and oxygen atoms in total. The number of carbonyl (C=O) groups is 1. The second kappa shape index (κ2) is 5.61. The van der Waals surface area contributed by atoms with Crippen LogP contribution in [0.3, 0.4) is 0 Å². The summed E-state index contributed by atoms with van der Waals surface area (Å²) >= 11 is 0. The molecule has 0 aromatic carbocycles. The Kier molecular flexibility index (Phi) is 4.43. The van der Waals surface area contributed by atoms with Gasteiger partial charge in [-0.2, -0.15) is 0 Å². The fourth-order valence-corrected chi connectivity index (χ4v) is 1.36. The number of aliphatic hydroxyl groups excluding tert-OH is 1.